The highest BCUT2D eigenvalue weighted by molar-refractivity contribution is 5.80. The largest absolute Gasteiger partial charge is 0.329 e. The number of nitrogens with one attached hydrogen (secondary N) is 2. The molecule has 5 aromatic rings. The monoisotopic (exact) mass is 440 g/mol. The second-order valence-corrected chi connectivity index (χ2v) is 7.77. The summed E-state index contributed by atoms with van der Waals surface area (Å²) >= 11 is 0. The van der Waals surface area contributed by atoms with E-state index in [0.717, 1.165) is 26.8 Å². The zero-order valence-corrected chi connectivity index (χ0v) is 18.0. The highest BCUT2D eigenvalue weighted by Crippen LogP contribution is 2.30. The van der Waals surface area contributed by atoms with E-state index in [1.807, 2.05) is 55.5 Å². The number of allylic oxidation sites excluding steroid dienone is 1. The molecule has 0 aliphatic carbocycles. The van der Waals surface area contributed by atoms with Gasteiger partial charge in [0, 0.05) is 19.2 Å². The van der Waals surface area contributed by atoms with E-state index < -0.39 is 11.2 Å². The molecule has 0 spiro atoms. The van der Waals surface area contributed by atoms with Gasteiger partial charge in [-0.3, -0.25) is 14.3 Å². The summed E-state index contributed by atoms with van der Waals surface area (Å²) in [5, 5.41) is 14.3. The van der Waals surface area contributed by atoms with Crippen LogP contribution in [0.15, 0.2) is 64.7 Å². The third kappa shape index (κ3) is 3.47. The van der Waals surface area contributed by atoms with E-state index in [1.165, 1.54) is 7.05 Å². The second kappa shape index (κ2) is 7.83. The van der Waals surface area contributed by atoms with Crippen LogP contribution in [0.3, 0.4) is 0 Å². The fourth-order valence-corrected chi connectivity index (χ4v) is 3.85. The molecular weight excluding hydrogens is 420 g/mol. The van der Waals surface area contributed by atoms with Gasteiger partial charge in [-0.25, -0.2) is 9.78 Å². The molecule has 2 aromatic carbocycles. The van der Waals surface area contributed by atoms with Gasteiger partial charge >= 0.3 is 5.69 Å². The summed E-state index contributed by atoms with van der Waals surface area (Å²) in [6.07, 6.45) is 0. The predicted molar refractivity (Wildman–Crippen MR) is 124 cm³/mol. The van der Waals surface area contributed by atoms with Crippen molar-refractivity contribution in [1.82, 2.24) is 39.7 Å². The van der Waals surface area contributed by atoms with Gasteiger partial charge in [-0.1, -0.05) is 55.1 Å². The number of tetrazole rings is 1. The molecule has 10 heteroatoms. The Labute approximate surface area is 187 Å². The third-order valence-corrected chi connectivity index (χ3v) is 5.51. The molecule has 2 N–H and O–H groups in total. The van der Waals surface area contributed by atoms with Crippen LogP contribution in [0.1, 0.15) is 18.3 Å². The van der Waals surface area contributed by atoms with Gasteiger partial charge in [-0.2, -0.15) is 5.21 Å². The number of imidazole rings is 1. The quantitative estimate of drug-likeness (QED) is 0.432. The molecule has 0 radical (unpaired) electrons. The topological polar surface area (TPSA) is 127 Å². The number of H-pyrrole nitrogens is 2. The summed E-state index contributed by atoms with van der Waals surface area (Å²) in [5.41, 5.74) is 4.19. The van der Waals surface area contributed by atoms with Crippen LogP contribution in [0.25, 0.3) is 39.3 Å². The lowest BCUT2D eigenvalue weighted by molar-refractivity contribution is 0.764. The second-order valence-electron chi connectivity index (χ2n) is 7.77. The molecule has 0 saturated carbocycles. The van der Waals surface area contributed by atoms with Crippen molar-refractivity contribution in [2.45, 2.75) is 13.5 Å². The van der Waals surface area contributed by atoms with Gasteiger partial charge in [0.1, 0.15) is 5.82 Å². The molecule has 0 bridgehead atoms. The van der Waals surface area contributed by atoms with Crippen LogP contribution in [0.4, 0.5) is 0 Å². The molecule has 164 valence electrons. The Morgan fingerprint density at radius 1 is 1.06 bits per heavy atom. The summed E-state index contributed by atoms with van der Waals surface area (Å²) in [6.45, 7) is 6.19. The van der Waals surface area contributed by atoms with E-state index in [2.05, 4.69) is 37.2 Å². The molecule has 33 heavy (non-hydrogen) atoms. The van der Waals surface area contributed by atoms with Crippen LogP contribution >= 0.6 is 0 Å². The molecular formula is C23H20N8O2. The molecule has 0 saturated heterocycles. The minimum Gasteiger partial charge on any atom is -0.314 e. The lowest BCUT2D eigenvalue weighted by Gasteiger charge is -2.11. The summed E-state index contributed by atoms with van der Waals surface area (Å²) in [4.78, 5) is 31.9. The van der Waals surface area contributed by atoms with Crippen LogP contribution in [-0.2, 0) is 13.6 Å². The Balaban J connectivity index is 1.56. The van der Waals surface area contributed by atoms with Gasteiger partial charge in [-0.05, 0) is 34.4 Å². The maximum Gasteiger partial charge on any atom is 0.329 e. The first-order valence-electron chi connectivity index (χ1n) is 10.2. The standard InChI is InChI=1S/C23H20N8O2/c1-13(2)21-24-20-18(22(32)30(3)23(33)25-20)31(21)12-14-8-10-15(11-9-14)16-6-4-5-7-17(16)19-26-28-29-27-19/h4-11H,1,12H2,2-3H3,(H,25,33)(H,26,27,28,29). The maximum absolute atomic E-state index is 12.8. The van der Waals surface area contributed by atoms with Crippen LogP contribution < -0.4 is 11.2 Å². The van der Waals surface area contributed by atoms with Crippen molar-refractivity contribution < 1.29 is 0 Å². The van der Waals surface area contributed by atoms with Gasteiger partial charge in [0.25, 0.3) is 5.56 Å². The SMILES string of the molecule is C=C(C)c1nc2[nH]c(=O)n(C)c(=O)c2n1Cc1ccc(-c2ccccc2-c2nn[nH]n2)cc1. The van der Waals surface area contributed by atoms with E-state index in [0.29, 0.717) is 29.3 Å². The fraction of sp³-hybridized carbons (Fsp3) is 0.130. The summed E-state index contributed by atoms with van der Waals surface area (Å²) in [5.74, 6) is 1.07. The summed E-state index contributed by atoms with van der Waals surface area (Å²) in [6, 6.07) is 15.8. The molecule has 5 rings (SSSR count). The van der Waals surface area contributed by atoms with E-state index in [9.17, 15) is 9.59 Å². The molecule has 0 aliphatic heterocycles. The van der Waals surface area contributed by atoms with Gasteiger partial charge in [0.15, 0.2) is 11.2 Å². The van der Waals surface area contributed by atoms with E-state index in [4.69, 9.17) is 0 Å². The smallest absolute Gasteiger partial charge is 0.314 e. The van der Waals surface area contributed by atoms with Crippen LogP contribution in [0.2, 0.25) is 0 Å². The van der Waals surface area contributed by atoms with Gasteiger partial charge in [0.05, 0.1) is 0 Å². The first-order chi connectivity index (χ1) is 15.9. The highest BCUT2D eigenvalue weighted by atomic mass is 16.2. The maximum atomic E-state index is 12.8. The number of benzene rings is 2. The Morgan fingerprint density at radius 2 is 1.79 bits per heavy atom. The van der Waals surface area contributed by atoms with Crippen molar-refractivity contribution in [2.75, 3.05) is 0 Å². The fourth-order valence-electron chi connectivity index (χ4n) is 3.85. The van der Waals surface area contributed by atoms with Crippen LogP contribution in [0.5, 0.6) is 0 Å². The number of aromatic amines is 2. The van der Waals surface area contributed by atoms with Crippen LogP contribution in [-0.4, -0.2) is 39.7 Å². The van der Waals surface area contributed by atoms with E-state index in [1.54, 1.807) is 4.57 Å². The Morgan fingerprint density at radius 3 is 2.45 bits per heavy atom. The lowest BCUT2D eigenvalue weighted by Crippen LogP contribution is -2.33. The van der Waals surface area contributed by atoms with Crippen molar-refractivity contribution in [3.8, 4) is 22.5 Å². The first kappa shape index (κ1) is 20.3. The Bertz CT molecular complexity index is 1610. The minimum absolute atomic E-state index is 0.256. The minimum atomic E-state index is -0.505. The van der Waals surface area contributed by atoms with Crippen molar-refractivity contribution in [3.63, 3.8) is 0 Å². The number of hydrogen-bond acceptors (Lipinski definition) is 6. The lowest BCUT2D eigenvalue weighted by atomic mass is 9.98. The normalized spacial score (nSPS) is 11.2. The van der Waals surface area contributed by atoms with Crippen molar-refractivity contribution >= 4 is 16.7 Å². The number of hydrogen-bond donors (Lipinski definition) is 2. The molecule has 0 aliphatic rings. The molecule has 0 unspecified atom stereocenters. The van der Waals surface area contributed by atoms with Gasteiger partial charge in [-0.15, -0.1) is 10.2 Å². The molecule has 3 heterocycles. The van der Waals surface area contributed by atoms with Gasteiger partial charge < -0.3 is 4.57 Å². The summed E-state index contributed by atoms with van der Waals surface area (Å²) in [7, 11) is 1.44. The van der Waals surface area contributed by atoms with Crippen molar-refractivity contribution in [2.24, 2.45) is 7.05 Å². The molecule has 0 fully saturated rings. The van der Waals surface area contributed by atoms with E-state index in [-0.39, 0.29) is 5.65 Å². The predicted octanol–water partition coefficient (Wildman–Crippen LogP) is 2.35. The summed E-state index contributed by atoms with van der Waals surface area (Å²) < 4.78 is 2.83. The first-order valence-corrected chi connectivity index (χ1v) is 10.2. The Kier molecular flexibility index (Phi) is 4.82. The zero-order valence-electron chi connectivity index (χ0n) is 18.0. The third-order valence-electron chi connectivity index (χ3n) is 5.51. The average Bonchev–Trinajstić information content (AvgIpc) is 3.47. The number of nitrogens with zero attached hydrogens (tertiary/aromatic N) is 6. The average molecular weight is 440 g/mol. The van der Waals surface area contributed by atoms with Crippen molar-refractivity contribution in [1.29, 1.82) is 0 Å². The molecule has 0 amide bonds. The highest BCUT2D eigenvalue weighted by Gasteiger charge is 2.18. The number of aromatic nitrogens is 8. The molecule has 0 atom stereocenters. The van der Waals surface area contributed by atoms with Crippen molar-refractivity contribution in [3.05, 3.63) is 87.3 Å². The van der Waals surface area contributed by atoms with Crippen LogP contribution in [0, 0.1) is 0 Å². The zero-order chi connectivity index (χ0) is 23.1. The number of rotatable bonds is 5. The number of fused-ring (bicyclic) bond motifs is 1. The van der Waals surface area contributed by atoms with E-state index >= 15 is 0 Å². The molecule has 10 nitrogen and oxygen atoms in total. The Hall–Kier alpha value is -4.60. The molecule has 3 aromatic heterocycles. The van der Waals surface area contributed by atoms with Gasteiger partial charge in [0.2, 0.25) is 5.82 Å².